The van der Waals surface area contributed by atoms with Crippen LogP contribution in [0, 0.1) is 22.7 Å². The number of hydrogen-bond acceptors (Lipinski definition) is 2. The molecule has 0 aliphatic heterocycles. The molecule has 0 radical (unpaired) electrons. The van der Waals surface area contributed by atoms with E-state index in [0.29, 0.717) is 17.3 Å². The Hall–Kier alpha value is -1.33. The molecule has 1 aromatic rings. The summed E-state index contributed by atoms with van der Waals surface area (Å²) in [4.78, 5) is 0. The molecular weight excluding hydrogens is 220 g/mol. The molecule has 0 saturated heterocycles. The van der Waals surface area contributed by atoms with Crippen LogP contribution in [0.1, 0.15) is 43.7 Å². The van der Waals surface area contributed by atoms with E-state index in [4.69, 9.17) is 5.26 Å². The van der Waals surface area contributed by atoms with Crippen molar-refractivity contribution in [1.29, 1.82) is 5.26 Å². The van der Waals surface area contributed by atoms with Crippen molar-refractivity contribution < 1.29 is 0 Å². The molecule has 18 heavy (non-hydrogen) atoms. The van der Waals surface area contributed by atoms with Gasteiger partial charge < -0.3 is 5.32 Å². The van der Waals surface area contributed by atoms with Crippen LogP contribution >= 0.6 is 0 Å². The summed E-state index contributed by atoms with van der Waals surface area (Å²) in [5.41, 5.74) is 2.49. The SMILES string of the molecule is CC1(C)C(CNC2CC2)C1c1cccc(C#N)c1. The Kier molecular flexibility index (Phi) is 2.68. The van der Waals surface area contributed by atoms with Crippen molar-refractivity contribution in [3.8, 4) is 6.07 Å². The van der Waals surface area contributed by atoms with Gasteiger partial charge in [-0.3, -0.25) is 0 Å². The Morgan fingerprint density at radius 3 is 2.83 bits per heavy atom. The van der Waals surface area contributed by atoms with Crippen LogP contribution in [0.25, 0.3) is 0 Å². The van der Waals surface area contributed by atoms with Crippen LogP contribution in [0.4, 0.5) is 0 Å². The fourth-order valence-corrected chi connectivity index (χ4v) is 3.17. The third kappa shape index (κ3) is 2.04. The van der Waals surface area contributed by atoms with Gasteiger partial charge in [0.2, 0.25) is 0 Å². The van der Waals surface area contributed by atoms with E-state index >= 15 is 0 Å². The first-order chi connectivity index (χ1) is 8.63. The minimum atomic E-state index is 0.371. The molecule has 0 spiro atoms. The molecule has 2 unspecified atom stereocenters. The van der Waals surface area contributed by atoms with E-state index in [0.717, 1.165) is 18.2 Å². The summed E-state index contributed by atoms with van der Waals surface area (Å²) in [7, 11) is 0. The summed E-state index contributed by atoms with van der Waals surface area (Å²) >= 11 is 0. The first kappa shape index (κ1) is 11.7. The van der Waals surface area contributed by atoms with Gasteiger partial charge in [0.25, 0.3) is 0 Å². The Morgan fingerprint density at radius 2 is 2.17 bits per heavy atom. The minimum absolute atomic E-state index is 0.371. The number of nitriles is 1. The van der Waals surface area contributed by atoms with E-state index in [9.17, 15) is 0 Å². The predicted molar refractivity (Wildman–Crippen MR) is 72.2 cm³/mol. The van der Waals surface area contributed by atoms with Gasteiger partial charge in [0.05, 0.1) is 11.6 Å². The lowest BCUT2D eigenvalue weighted by Crippen LogP contribution is -2.20. The van der Waals surface area contributed by atoms with E-state index < -0.39 is 0 Å². The summed E-state index contributed by atoms with van der Waals surface area (Å²) in [5.74, 6) is 1.32. The lowest BCUT2D eigenvalue weighted by molar-refractivity contribution is 0.517. The molecule has 0 aromatic heterocycles. The first-order valence-corrected chi connectivity index (χ1v) is 6.86. The average molecular weight is 240 g/mol. The van der Waals surface area contributed by atoms with Crippen molar-refractivity contribution in [2.45, 2.75) is 38.6 Å². The van der Waals surface area contributed by atoms with Crippen molar-refractivity contribution in [3.05, 3.63) is 35.4 Å². The second kappa shape index (κ2) is 4.10. The van der Waals surface area contributed by atoms with Crippen molar-refractivity contribution in [1.82, 2.24) is 5.32 Å². The normalized spacial score (nSPS) is 28.7. The monoisotopic (exact) mass is 240 g/mol. The number of benzene rings is 1. The lowest BCUT2D eigenvalue weighted by atomic mass is 10.0. The Bertz CT molecular complexity index is 494. The Labute approximate surface area is 109 Å². The first-order valence-electron chi connectivity index (χ1n) is 6.86. The molecular formula is C16H20N2. The van der Waals surface area contributed by atoms with Gasteiger partial charge in [-0.1, -0.05) is 26.0 Å². The van der Waals surface area contributed by atoms with Gasteiger partial charge in [0, 0.05) is 6.04 Å². The average Bonchev–Trinajstić information content (AvgIpc) is 3.24. The molecule has 0 heterocycles. The van der Waals surface area contributed by atoms with E-state index in [1.54, 1.807) is 0 Å². The highest BCUT2D eigenvalue weighted by Gasteiger charge is 2.57. The summed E-state index contributed by atoms with van der Waals surface area (Å²) in [5, 5.41) is 12.6. The van der Waals surface area contributed by atoms with Crippen LogP contribution in [0.5, 0.6) is 0 Å². The highest BCUT2D eigenvalue weighted by molar-refractivity contribution is 5.39. The van der Waals surface area contributed by atoms with Crippen LogP contribution in [0.3, 0.4) is 0 Å². The van der Waals surface area contributed by atoms with Crippen LogP contribution in [0.2, 0.25) is 0 Å². The zero-order valence-electron chi connectivity index (χ0n) is 11.1. The third-order valence-corrected chi connectivity index (χ3v) is 4.63. The lowest BCUT2D eigenvalue weighted by Gasteiger charge is -2.03. The minimum Gasteiger partial charge on any atom is -0.314 e. The highest BCUT2D eigenvalue weighted by Crippen LogP contribution is 2.64. The molecule has 2 aliphatic carbocycles. The van der Waals surface area contributed by atoms with Crippen molar-refractivity contribution in [3.63, 3.8) is 0 Å². The Balaban J connectivity index is 1.73. The predicted octanol–water partition coefficient (Wildman–Crippen LogP) is 3.05. The third-order valence-electron chi connectivity index (χ3n) is 4.63. The second-order valence-corrected chi connectivity index (χ2v) is 6.33. The summed E-state index contributed by atoms with van der Waals surface area (Å²) in [6.07, 6.45) is 2.70. The standard InChI is InChI=1S/C16H20N2/c1-16(2)14(10-18-13-6-7-13)15(16)12-5-3-4-11(8-12)9-17/h3-5,8,13-15,18H,6-7,10H2,1-2H3. The molecule has 0 bridgehead atoms. The van der Waals surface area contributed by atoms with Crippen molar-refractivity contribution >= 4 is 0 Å². The fraction of sp³-hybridized carbons (Fsp3) is 0.562. The quantitative estimate of drug-likeness (QED) is 0.878. The number of rotatable bonds is 4. The van der Waals surface area contributed by atoms with Gasteiger partial charge in [-0.25, -0.2) is 0 Å². The van der Waals surface area contributed by atoms with Gasteiger partial charge in [0.15, 0.2) is 0 Å². The molecule has 2 fully saturated rings. The fourth-order valence-electron chi connectivity index (χ4n) is 3.17. The number of nitrogens with zero attached hydrogens (tertiary/aromatic N) is 1. The van der Waals surface area contributed by atoms with E-state index in [1.807, 2.05) is 12.1 Å². The summed E-state index contributed by atoms with van der Waals surface area (Å²) in [6, 6.07) is 11.1. The molecule has 94 valence electrons. The van der Waals surface area contributed by atoms with Gasteiger partial charge in [-0.05, 0) is 54.3 Å². The molecule has 0 amide bonds. The molecule has 2 heteroatoms. The zero-order valence-corrected chi connectivity index (χ0v) is 11.1. The summed E-state index contributed by atoms with van der Waals surface area (Å²) < 4.78 is 0. The van der Waals surface area contributed by atoms with E-state index in [-0.39, 0.29) is 0 Å². The van der Waals surface area contributed by atoms with E-state index in [1.165, 1.54) is 18.4 Å². The van der Waals surface area contributed by atoms with Gasteiger partial charge in [-0.2, -0.15) is 5.26 Å². The van der Waals surface area contributed by atoms with Gasteiger partial charge >= 0.3 is 0 Å². The summed E-state index contributed by atoms with van der Waals surface area (Å²) in [6.45, 7) is 5.81. The van der Waals surface area contributed by atoms with Gasteiger partial charge in [0.1, 0.15) is 0 Å². The highest BCUT2D eigenvalue weighted by atomic mass is 15.0. The molecule has 1 N–H and O–H groups in total. The van der Waals surface area contributed by atoms with Crippen molar-refractivity contribution in [2.75, 3.05) is 6.54 Å². The van der Waals surface area contributed by atoms with Crippen LogP contribution in [0.15, 0.2) is 24.3 Å². The van der Waals surface area contributed by atoms with Crippen LogP contribution in [-0.2, 0) is 0 Å². The van der Waals surface area contributed by atoms with E-state index in [2.05, 4.69) is 37.4 Å². The maximum absolute atomic E-state index is 8.98. The molecule has 1 aromatic carbocycles. The number of hydrogen-bond donors (Lipinski definition) is 1. The maximum atomic E-state index is 8.98. The Morgan fingerprint density at radius 1 is 1.39 bits per heavy atom. The van der Waals surface area contributed by atoms with Gasteiger partial charge in [-0.15, -0.1) is 0 Å². The molecule has 2 nitrogen and oxygen atoms in total. The topological polar surface area (TPSA) is 35.8 Å². The molecule has 2 atom stereocenters. The second-order valence-electron chi connectivity index (χ2n) is 6.33. The maximum Gasteiger partial charge on any atom is 0.0991 e. The van der Waals surface area contributed by atoms with Crippen LogP contribution in [-0.4, -0.2) is 12.6 Å². The largest absolute Gasteiger partial charge is 0.314 e. The van der Waals surface area contributed by atoms with Crippen molar-refractivity contribution in [2.24, 2.45) is 11.3 Å². The zero-order chi connectivity index (χ0) is 12.8. The van der Waals surface area contributed by atoms with Crippen LogP contribution < -0.4 is 5.32 Å². The molecule has 3 rings (SSSR count). The smallest absolute Gasteiger partial charge is 0.0991 e. The number of nitrogens with one attached hydrogen (secondary N) is 1. The molecule has 2 aliphatic rings. The molecule has 2 saturated carbocycles.